The fraction of sp³-hybridized carbons (Fsp3) is 0.919. The van der Waals surface area contributed by atoms with Crippen molar-refractivity contribution in [2.24, 2.45) is 0 Å². The van der Waals surface area contributed by atoms with Gasteiger partial charge in [0, 0.05) is 12.0 Å². The summed E-state index contributed by atoms with van der Waals surface area (Å²) in [6.07, 6.45) is 21.8. The molecule has 8 nitrogen and oxygen atoms in total. The summed E-state index contributed by atoms with van der Waals surface area (Å²) >= 11 is 0. The van der Waals surface area contributed by atoms with E-state index in [-0.39, 0.29) is 36.5 Å². The van der Waals surface area contributed by atoms with Crippen molar-refractivity contribution in [1.29, 1.82) is 0 Å². The molecule has 0 amide bonds. The molecule has 0 aromatic carbocycles. The Kier molecular flexibility index (Phi) is 18.6. The first-order chi connectivity index (χ1) is 21.8. The number of aliphatic hydroxyl groups is 4. The fourth-order valence-corrected chi connectivity index (χ4v) is 7.28. The van der Waals surface area contributed by atoms with E-state index >= 15 is 0 Å². The van der Waals surface area contributed by atoms with Crippen LogP contribution < -0.4 is 0 Å². The molecule has 0 spiro atoms. The van der Waals surface area contributed by atoms with Gasteiger partial charge in [-0.3, -0.25) is 0 Å². The SMILES string of the molecule is CCCCCCCCCC[C@@H](O)[C@H](O)CC[C@H](O)[C@@H]1CC[C@@H]([C@@H]2CC[C@H](CCCCCCCC(O)CC3=CC(C)OC3=O)O2)O1. The predicted molar refractivity (Wildman–Crippen MR) is 177 cm³/mol. The lowest BCUT2D eigenvalue weighted by Gasteiger charge is -2.24. The van der Waals surface area contributed by atoms with Crippen LogP contribution in [0.3, 0.4) is 0 Å². The van der Waals surface area contributed by atoms with Crippen LogP contribution >= 0.6 is 0 Å². The third-order valence-corrected chi connectivity index (χ3v) is 10.1. The summed E-state index contributed by atoms with van der Waals surface area (Å²) in [6.45, 7) is 4.06. The highest BCUT2D eigenvalue weighted by atomic mass is 16.6. The van der Waals surface area contributed by atoms with Crippen LogP contribution in [0.15, 0.2) is 11.6 Å². The summed E-state index contributed by atoms with van der Waals surface area (Å²) in [5, 5.41) is 41.8. The van der Waals surface area contributed by atoms with E-state index in [0.29, 0.717) is 37.7 Å². The summed E-state index contributed by atoms with van der Waals surface area (Å²) in [7, 11) is 0. The molecule has 3 aliphatic rings. The molecule has 0 radical (unpaired) electrons. The molecular formula is C37H66O8. The van der Waals surface area contributed by atoms with Crippen molar-refractivity contribution in [2.45, 2.75) is 216 Å². The van der Waals surface area contributed by atoms with Crippen LogP contribution in [0.1, 0.15) is 162 Å². The van der Waals surface area contributed by atoms with Crippen LogP contribution in [0.2, 0.25) is 0 Å². The molecule has 0 aliphatic carbocycles. The summed E-state index contributed by atoms with van der Waals surface area (Å²) in [5.74, 6) is -0.290. The zero-order valence-corrected chi connectivity index (χ0v) is 28.5. The van der Waals surface area contributed by atoms with Crippen LogP contribution in [0.25, 0.3) is 0 Å². The Morgan fingerprint density at radius 2 is 1.31 bits per heavy atom. The van der Waals surface area contributed by atoms with Crippen LogP contribution in [0, 0.1) is 0 Å². The van der Waals surface area contributed by atoms with E-state index in [1.165, 1.54) is 38.5 Å². The van der Waals surface area contributed by atoms with E-state index in [9.17, 15) is 25.2 Å². The molecule has 2 unspecified atom stereocenters. The van der Waals surface area contributed by atoms with Crippen molar-refractivity contribution in [1.82, 2.24) is 0 Å². The Morgan fingerprint density at radius 1 is 0.711 bits per heavy atom. The van der Waals surface area contributed by atoms with Crippen molar-refractivity contribution >= 4 is 5.97 Å². The summed E-state index contributed by atoms with van der Waals surface area (Å²) in [6, 6.07) is 0. The molecular weight excluding hydrogens is 572 g/mol. The predicted octanol–water partition coefficient (Wildman–Crippen LogP) is 6.83. The number of aliphatic hydroxyl groups excluding tert-OH is 4. The van der Waals surface area contributed by atoms with E-state index in [0.717, 1.165) is 77.0 Å². The average Bonchev–Trinajstić information content (AvgIpc) is 3.76. The first-order valence-electron chi connectivity index (χ1n) is 18.7. The average molecular weight is 639 g/mol. The van der Waals surface area contributed by atoms with Crippen molar-refractivity contribution in [3.8, 4) is 0 Å². The van der Waals surface area contributed by atoms with Gasteiger partial charge >= 0.3 is 5.97 Å². The minimum Gasteiger partial charge on any atom is -0.455 e. The van der Waals surface area contributed by atoms with Gasteiger partial charge < -0.3 is 34.6 Å². The highest BCUT2D eigenvalue weighted by Crippen LogP contribution is 2.34. The number of ether oxygens (including phenoxy) is 3. The summed E-state index contributed by atoms with van der Waals surface area (Å²) < 4.78 is 17.7. The maximum atomic E-state index is 11.7. The highest BCUT2D eigenvalue weighted by molar-refractivity contribution is 5.90. The lowest BCUT2D eigenvalue weighted by Crippen LogP contribution is -2.33. The fourth-order valence-electron chi connectivity index (χ4n) is 7.28. The number of unbranched alkanes of at least 4 members (excludes halogenated alkanes) is 11. The lowest BCUT2D eigenvalue weighted by molar-refractivity contribution is -0.139. The zero-order valence-electron chi connectivity index (χ0n) is 28.5. The van der Waals surface area contributed by atoms with Gasteiger partial charge in [0.05, 0.1) is 48.8 Å². The Morgan fingerprint density at radius 3 is 2.00 bits per heavy atom. The standard InChI is InChI=1S/C37H66O8/c1-3-4-5-6-7-8-12-15-18-31(39)32(40)20-21-33(41)34-23-24-36(45-34)35-22-19-30(44-35)17-14-11-9-10-13-16-29(38)26-28-25-27(2)43-37(28)42/h25,27,29-36,38-41H,3-24,26H2,1-2H3/t27?,29?,30-,31+,32+,33-,34-,35-,36-/m0/s1. The quantitative estimate of drug-likeness (QED) is 0.0634. The number of hydrogen-bond acceptors (Lipinski definition) is 8. The maximum absolute atomic E-state index is 11.7. The Labute approximate surface area is 273 Å². The molecule has 3 heterocycles. The van der Waals surface area contributed by atoms with Gasteiger partial charge in [0.25, 0.3) is 0 Å². The minimum absolute atomic E-state index is 0.0311. The van der Waals surface area contributed by atoms with Gasteiger partial charge in [-0.15, -0.1) is 0 Å². The zero-order chi connectivity index (χ0) is 32.4. The number of rotatable bonds is 25. The van der Waals surface area contributed by atoms with E-state index in [4.69, 9.17) is 14.2 Å². The third kappa shape index (κ3) is 14.7. The van der Waals surface area contributed by atoms with Crippen LogP contribution in [0.5, 0.6) is 0 Å². The molecule has 3 rings (SSSR count). The maximum Gasteiger partial charge on any atom is 0.334 e. The summed E-state index contributed by atoms with van der Waals surface area (Å²) in [5.41, 5.74) is 0.606. The van der Waals surface area contributed by atoms with Gasteiger partial charge in [-0.2, -0.15) is 0 Å². The Hall–Kier alpha value is -1.03. The number of esters is 1. The molecule has 0 aromatic heterocycles. The van der Waals surface area contributed by atoms with Crippen molar-refractivity contribution in [3.05, 3.63) is 11.6 Å². The molecule has 2 saturated heterocycles. The molecule has 0 bridgehead atoms. The molecule has 3 aliphatic heterocycles. The first kappa shape index (κ1) is 38.4. The molecule has 0 saturated carbocycles. The highest BCUT2D eigenvalue weighted by Gasteiger charge is 2.39. The number of carbonyl (C=O) groups excluding carboxylic acids is 1. The lowest BCUT2D eigenvalue weighted by atomic mass is 9.97. The summed E-state index contributed by atoms with van der Waals surface area (Å²) in [4.78, 5) is 11.7. The first-order valence-corrected chi connectivity index (χ1v) is 18.7. The number of hydrogen-bond donors (Lipinski definition) is 4. The van der Waals surface area contributed by atoms with Crippen molar-refractivity contribution < 1.29 is 39.4 Å². The molecule has 8 heteroatoms. The van der Waals surface area contributed by atoms with Crippen molar-refractivity contribution in [3.63, 3.8) is 0 Å². The van der Waals surface area contributed by atoms with Gasteiger partial charge in [-0.25, -0.2) is 4.79 Å². The smallest absolute Gasteiger partial charge is 0.334 e. The van der Waals surface area contributed by atoms with E-state index in [2.05, 4.69) is 6.92 Å². The number of cyclic esters (lactones) is 1. The second-order valence-electron chi connectivity index (χ2n) is 14.2. The molecule has 4 N–H and O–H groups in total. The minimum atomic E-state index is -0.794. The van der Waals surface area contributed by atoms with Gasteiger partial charge in [0.1, 0.15) is 6.10 Å². The van der Waals surface area contributed by atoms with Gasteiger partial charge in [-0.05, 0) is 70.8 Å². The van der Waals surface area contributed by atoms with E-state index < -0.39 is 24.4 Å². The van der Waals surface area contributed by atoms with E-state index in [1.807, 2.05) is 13.0 Å². The van der Waals surface area contributed by atoms with Crippen LogP contribution in [-0.4, -0.2) is 81.3 Å². The van der Waals surface area contributed by atoms with Crippen LogP contribution in [0.4, 0.5) is 0 Å². The van der Waals surface area contributed by atoms with E-state index in [1.54, 1.807) is 0 Å². The topological polar surface area (TPSA) is 126 Å². The molecule has 9 atom stereocenters. The third-order valence-electron chi connectivity index (χ3n) is 10.1. The Bertz CT molecular complexity index is 833. The van der Waals surface area contributed by atoms with Gasteiger partial charge in [0.2, 0.25) is 0 Å². The monoisotopic (exact) mass is 638 g/mol. The van der Waals surface area contributed by atoms with Gasteiger partial charge in [0.15, 0.2) is 0 Å². The van der Waals surface area contributed by atoms with Gasteiger partial charge in [-0.1, -0.05) is 90.4 Å². The molecule has 2 fully saturated rings. The largest absolute Gasteiger partial charge is 0.455 e. The normalized spacial score (nSPS) is 27.8. The second kappa shape index (κ2) is 21.8. The van der Waals surface area contributed by atoms with Crippen LogP contribution in [-0.2, 0) is 19.0 Å². The molecule has 0 aromatic rings. The second-order valence-corrected chi connectivity index (χ2v) is 14.2. The Balaban J connectivity index is 1.17. The van der Waals surface area contributed by atoms with Crippen molar-refractivity contribution in [2.75, 3.05) is 0 Å². The molecule has 45 heavy (non-hydrogen) atoms. The molecule has 262 valence electrons. The number of carbonyl (C=O) groups is 1.